The lowest BCUT2D eigenvalue weighted by Gasteiger charge is -2.15. The molecule has 4 nitrogen and oxygen atoms in total. The minimum Gasteiger partial charge on any atom is -0.490 e. The number of carboxylic acid groups (broad SMARTS) is 1. The van der Waals surface area contributed by atoms with Gasteiger partial charge in [-0.15, -0.1) is 0 Å². The van der Waals surface area contributed by atoms with Crippen molar-refractivity contribution in [2.75, 3.05) is 6.61 Å². The summed E-state index contributed by atoms with van der Waals surface area (Å²) in [5.41, 5.74) is 0.863. The first-order valence-electron chi connectivity index (χ1n) is 7.35. The molecule has 0 aromatic heterocycles. The third kappa shape index (κ3) is 5.21. The topological polar surface area (TPSA) is 55.8 Å². The zero-order chi connectivity index (χ0) is 18.4. The highest BCUT2D eigenvalue weighted by Gasteiger charge is 2.14. The van der Waals surface area contributed by atoms with E-state index in [9.17, 15) is 9.18 Å². The second kappa shape index (κ2) is 8.87. The van der Waals surface area contributed by atoms with E-state index in [-0.39, 0.29) is 17.2 Å². The molecule has 2 aromatic carbocycles. The molecule has 0 spiro atoms. The van der Waals surface area contributed by atoms with E-state index >= 15 is 0 Å². The molecular weight excluding hydrogens is 415 g/mol. The van der Waals surface area contributed by atoms with Gasteiger partial charge < -0.3 is 14.6 Å². The molecule has 0 bridgehead atoms. The van der Waals surface area contributed by atoms with Crippen molar-refractivity contribution >= 4 is 39.6 Å². The third-order valence-electron chi connectivity index (χ3n) is 3.17. The Balaban J connectivity index is 2.31. The van der Waals surface area contributed by atoms with E-state index in [1.54, 1.807) is 18.2 Å². The normalized spacial score (nSPS) is 10.9. The number of hydrogen-bond donors (Lipinski definition) is 1. The maximum Gasteiger partial charge on any atom is 0.328 e. The molecule has 0 fully saturated rings. The molecule has 0 unspecified atom stereocenters. The Kier molecular flexibility index (Phi) is 6.84. The maximum absolute atomic E-state index is 13.9. The Morgan fingerprint density at radius 2 is 2.12 bits per heavy atom. The van der Waals surface area contributed by atoms with E-state index in [0.29, 0.717) is 28.1 Å². The largest absolute Gasteiger partial charge is 0.490 e. The monoisotopic (exact) mass is 428 g/mol. The van der Waals surface area contributed by atoms with E-state index in [0.717, 1.165) is 6.08 Å². The summed E-state index contributed by atoms with van der Waals surface area (Å²) >= 11 is 9.38. The molecule has 0 saturated heterocycles. The minimum absolute atomic E-state index is 0.0749. The fourth-order valence-electron chi connectivity index (χ4n) is 2.07. The van der Waals surface area contributed by atoms with E-state index < -0.39 is 11.8 Å². The van der Waals surface area contributed by atoms with Crippen molar-refractivity contribution in [1.29, 1.82) is 0 Å². The molecule has 0 atom stereocenters. The molecule has 0 aliphatic heterocycles. The van der Waals surface area contributed by atoms with Gasteiger partial charge in [0.15, 0.2) is 11.5 Å². The fraction of sp³-hybridized carbons (Fsp3) is 0.167. The summed E-state index contributed by atoms with van der Waals surface area (Å²) in [6.07, 6.45) is 2.46. The fourth-order valence-corrected chi connectivity index (χ4v) is 2.86. The summed E-state index contributed by atoms with van der Waals surface area (Å²) in [5, 5.41) is 9.00. The van der Waals surface area contributed by atoms with Crippen LogP contribution in [-0.4, -0.2) is 17.7 Å². The Labute approximate surface area is 158 Å². The van der Waals surface area contributed by atoms with Gasteiger partial charge in [0.2, 0.25) is 0 Å². The molecule has 0 radical (unpaired) electrons. The second-order valence-electron chi connectivity index (χ2n) is 4.92. The second-order valence-corrected chi connectivity index (χ2v) is 6.18. The molecule has 2 rings (SSSR count). The molecule has 25 heavy (non-hydrogen) atoms. The van der Waals surface area contributed by atoms with Crippen LogP contribution in [0.4, 0.5) is 4.39 Å². The average Bonchev–Trinajstić information content (AvgIpc) is 2.54. The van der Waals surface area contributed by atoms with E-state index in [1.807, 2.05) is 6.92 Å². The van der Waals surface area contributed by atoms with Crippen molar-refractivity contribution in [3.63, 3.8) is 0 Å². The van der Waals surface area contributed by atoms with Crippen molar-refractivity contribution in [2.24, 2.45) is 0 Å². The molecule has 0 heterocycles. The number of rotatable bonds is 7. The van der Waals surface area contributed by atoms with Gasteiger partial charge in [-0.05, 0) is 58.8 Å². The number of aliphatic carboxylic acids is 1. The van der Waals surface area contributed by atoms with Gasteiger partial charge in [0.05, 0.1) is 16.1 Å². The quantitative estimate of drug-likeness (QED) is 0.606. The lowest BCUT2D eigenvalue weighted by atomic mass is 10.2. The summed E-state index contributed by atoms with van der Waals surface area (Å²) < 4.78 is 25.7. The van der Waals surface area contributed by atoms with Crippen LogP contribution in [0.2, 0.25) is 5.02 Å². The van der Waals surface area contributed by atoms with Gasteiger partial charge in [-0.3, -0.25) is 0 Å². The number of carbonyl (C=O) groups is 1. The summed E-state index contributed by atoms with van der Waals surface area (Å²) in [5.74, 6) is -0.714. The smallest absolute Gasteiger partial charge is 0.328 e. The summed E-state index contributed by atoms with van der Waals surface area (Å²) in [4.78, 5) is 10.7. The van der Waals surface area contributed by atoms with Crippen LogP contribution in [0.5, 0.6) is 11.5 Å². The standard InChI is InChI=1S/C18H15BrClFO4/c1-2-24-16-9-11(6-7-17(22)23)8-13(19)18(16)25-10-12-14(20)4-3-5-15(12)21/h3-9H,2,10H2,1H3,(H,22,23). The van der Waals surface area contributed by atoms with Gasteiger partial charge in [0, 0.05) is 11.6 Å². The van der Waals surface area contributed by atoms with Crippen LogP contribution in [0, 0.1) is 5.82 Å². The zero-order valence-electron chi connectivity index (χ0n) is 13.3. The first-order chi connectivity index (χ1) is 11.9. The number of ether oxygens (including phenoxy) is 2. The Bertz CT molecular complexity index is 788. The predicted octanol–water partition coefficient (Wildman–Crippen LogP) is 5.32. The molecule has 0 aliphatic rings. The van der Waals surface area contributed by atoms with Gasteiger partial charge in [-0.2, -0.15) is 0 Å². The number of benzene rings is 2. The van der Waals surface area contributed by atoms with Crippen LogP contribution < -0.4 is 9.47 Å². The highest BCUT2D eigenvalue weighted by atomic mass is 79.9. The van der Waals surface area contributed by atoms with Crippen LogP contribution in [0.3, 0.4) is 0 Å². The first kappa shape index (κ1) is 19.3. The number of carboxylic acids is 1. The molecular formula is C18H15BrClFO4. The lowest BCUT2D eigenvalue weighted by Crippen LogP contribution is -2.03. The molecule has 132 valence electrons. The number of halogens is 3. The summed E-state index contributed by atoms with van der Waals surface area (Å²) in [6.45, 7) is 2.12. The molecule has 2 aromatic rings. The van der Waals surface area contributed by atoms with Crippen molar-refractivity contribution in [3.8, 4) is 11.5 Å². The SMILES string of the molecule is CCOc1cc(C=CC(=O)O)cc(Br)c1OCc1c(F)cccc1Cl. The van der Waals surface area contributed by atoms with Gasteiger partial charge in [0.25, 0.3) is 0 Å². The zero-order valence-corrected chi connectivity index (χ0v) is 15.6. The first-order valence-corrected chi connectivity index (χ1v) is 8.52. The average molecular weight is 430 g/mol. The summed E-state index contributed by atoms with van der Waals surface area (Å²) in [6, 6.07) is 7.74. The van der Waals surface area contributed by atoms with Crippen molar-refractivity contribution < 1.29 is 23.8 Å². The van der Waals surface area contributed by atoms with Gasteiger partial charge >= 0.3 is 5.97 Å². The van der Waals surface area contributed by atoms with Crippen molar-refractivity contribution in [2.45, 2.75) is 13.5 Å². The van der Waals surface area contributed by atoms with Crippen LogP contribution in [0.15, 0.2) is 40.9 Å². The maximum atomic E-state index is 13.9. The Hall–Kier alpha value is -2.05. The van der Waals surface area contributed by atoms with Crippen LogP contribution in [-0.2, 0) is 11.4 Å². The highest BCUT2D eigenvalue weighted by molar-refractivity contribution is 9.10. The van der Waals surface area contributed by atoms with Gasteiger partial charge in [-0.1, -0.05) is 17.7 Å². The van der Waals surface area contributed by atoms with Gasteiger partial charge in [0.1, 0.15) is 12.4 Å². The minimum atomic E-state index is -1.05. The van der Waals surface area contributed by atoms with Crippen LogP contribution in [0.1, 0.15) is 18.1 Å². The molecule has 7 heteroatoms. The summed E-state index contributed by atoms with van der Waals surface area (Å²) in [7, 11) is 0. The lowest BCUT2D eigenvalue weighted by molar-refractivity contribution is -0.131. The third-order valence-corrected chi connectivity index (χ3v) is 4.12. The molecule has 1 N–H and O–H groups in total. The van der Waals surface area contributed by atoms with Gasteiger partial charge in [-0.25, -0.2) is 9.18 Å². The van der Waals surface area contributed by atoms with Crippen LogP contribution >= 0.6 is 27.5 Å². The predicted molar refractivity (Wildman–Crippen MR) is 97.7 cm³/mol. The molecule has 0 saturated carbocycles. The molecule has 0 aliphatic carbocycles. The Morgan fingerprint density at radius 3 is 2.76 bits per heavy atom. The van der Waals surface area contributed by atoms with Crippen molar-refractivity contribution in [1.82, 2.24) is 0 Å². The highest BCUT2D eigenvalue weighted by Crippen LogP contribution is 2.38. The molecule has 0 amide bonds. The van der Waals surface area contributed by atoms with Crippen LogP contribution in [0.25, 0.3) is 6.08 Å². The van der Waals surface area contributed by atoms with E-state index in [1.165, 1.54) is 18.2 Å². The Morgan fingerprint density at radius 1 is 1.36 bits per heavy atom. The van der Waals surface area contributed by atoms with Crippen molar-refractivity contribution in [3.05, 3.63) is 62.8 Å². The number of hydrogen-bond acceptors (Lipinski definition) is 3. The van der Waals surface area contributed by atoms with E-state index in [2.05, 4.69) is 15.9 Å². The van der Waals surface area contributed by atoms with E-state index in [4.69, 9.17) is 26.2 Å².